The number of para-hydroxylation sites is 1. The van der Waals surface area contributed by atoms with E-state index < -0.39 is 0 Å². The van der Waals surface area contributed by atoms with Crippen molar-refractivity contribution < 1.29 is 5.11 Å². The van der Waals surface area contributed by atoms with Crippen LogP contribution in [-0.4, -0.2) is 34.3 Å². The Hall–Kier alpha value is -1.68. The van der Waals surface area contributed by atoms with E-state index in [0.29, 0.717) is 5.92 Å². The SMILES string of the molecule is CC1CCN(c2ncc3ccccc3n2)C1CO. The van der Waals surface area contributed by atoms with E-state index in [9.17, 15) is 5.11 Å². The van der Waals surface area contributed by atoms with Gasteiger partial charge in [-0.25, -0.2) is 9.97 Å². The fourth-order valence-corrected chi connectivity index (χ4v) is 2.64. The number of aromatic nitrogens is 2. The van der Waals surface area contributed by atoms with Crippen molar-refractivity contribution in [2.75, 3.05) is 18.1 Å². The predicted molar refractivity (Wildman–Crippen MR) is 71.5 cm³/mol. The molecule has 1 aromatic carbocycles. The standard InChI is InChI=1S/C14H17N3O/c1-10-6-7-17(13(10)9-18)14-15-8-11-4-2-3-5-12(11)16-14/h2-5,8,10,13,18H,6-7,9H2,1H3. The van der Waals surface area contributed by atoms with Crippen molar-refractivity contribution in [3.8, 4) is 0 Å². The lowest BCUT2D eigenvalue weighted by Gasteiger charge is -2.25. The Morgan fingerprint density at radius 3 is 3.06 bits per heavy atom. The van der Waals surface area contributed by atoms with Crippen molar-refractivity contribution >= 4 is 16.9 Å². The van der Waals surface area contributed by atoms with Crippen LogP contribution in [0.2, 0.25) is 0 Å². The van der Waals surface area contributed by atoms with Gasteiger partial charge in [0, 0.05) is 18.1 Å². The van der Waals surface area contributed by atoms with Crippen LogP contribution < -0.4 is 4.90 Å². The van der Waals surface area contributed by atoms with Crippen LogP contribution in [0.15, 0.2) is 30.5 Å². The van der Waals surface area contributed by atoms with Gasteiger partial charge in [0.1, 0.15) is 0 Å². The lowest BCUT2D eigenvalue weighted by atomic mass is 10.0. The van der Waals surface area contributed by atoms with Crippen molar-refractivity contribution in [1.29, 1.82) is 0 Å². The Kier molecular flexibility index (Phi) is 2.88. The van der Waals surface area contributed by atoms with Gasteiger partial charge in [0.05, 0.1) is 18.2 Å². The highest BCUT2D eigenvalue weighted by molar-refractivity contribution is 5.78. The maximum absolute atomic E-state index is 9.48. The molecule has 4 heteroatoms. The molecule has 2 unspecified atom stereocenters. The number of fused-ring (bicyclic) bond motifs is 1. The van der Waals surface area contributed by atoms with Gasteiger partial charge < -0.3 is 10.0 Å². The Bertz CT molecular complexity index is 557. The van der Waals surface area contributed by atoms with Gasteiger partial charge >= 0.3 is 0 Å². The first-order chi connectivity index (χ1) is 8.79. The molecule has 0 aliphatic carbocycles. The average molecular weight is 243 g/mol. The van der Waals surface area contributed by atoms with Crippen molar-refractivity contribution in [3.63, 3.8) is 0 Å². The maximum Gasteiger partial charge on any atom is 0.226 e. The highest BCUT2D eigenvalue weighted by atomic mass is 16.3. The quantitative estimate of drug-likeness (QED) is 0.874. The Balaban J connectivity index is 1.99. The molecule has 1 aliphatic rings. The molecule has 4 nitrogen and oxygen atoms in total. The second kappa shape index (κ2) is 4.53. The second-order valence-corrected chi connectivity index (χ2v) is 4.94. The molecule has 1 saturated heterocycles. The summed E-state index contributed by atoms with van der Waals surface area (Å²) in [5.74, 6) is 1.22. The molecule has 0 bridgehead atoms. The Labute approximate surface area is 106 Å². The van der Waals surface area contributed by atoms with E-state index in [1.54, 1.807) is 0 Å². The first kappa shape index (κ1) is 11.4. The second-order valence-electron chi connectivity index (χ2n) is 4.94. The topological polar surface area (TPSA) is 49.2 Å². The number of nitrogens with zero attached hydrogens (tertiary/aromatic N) is 3. The highest BCUT2D eigenvalue weighted by Crippen LogP contribution is 2.27. The van der Waals surface area contributed by atoms with E-state index in [0.717, 1.165) is 29.8 Å². The molecule has 2 heterocycles. The van der Waals surface area contributed by atoms with Crippen molar-refractivity contribution in [1.82, 2.24) is 9.97 Å². The van der Waals surface area contributed by atoms with E-state index in [2.05, 4.69) is 21.8 Å². The zero-order valence-electron chi connectivity index (χ0n) is 10.5. The summed E-state index contributed by atoms with van der Waals surface area (Å²) in [6, 6.07) is 8.12. The van der Waals surface area contributed by atoms with E-state index in [4.69, 9.17) is 0 Å². The van der Waals surface area contributed by atoms with Gasteiger partial charge in [0.2, 0.25) is 5.95 Å². The third kappa shape index (κ3) is 1.82. The van der Waals surface area contributed by atoms with Crippen LogP contribution in [0, 0.1) is 5.92 Å². The number of anilines is 1. The summed E-state index contributed by atoms with van der Waals surface area (Å²) in [5, 5.41) is 10.5. The molecule has 0 spiro atoms. The van der Waals surface area contributed by atoms with Crippen LogP contribution in [-0.2, 0) is 0 Å². The molecule has 2 atom stereocenters. The third-order valence-electron chi connectivity index (χ3n) is 3.80. The van der Waals surface area contributed by atoms with Crippen LogP contribution in [0.1, 0.15) is 13.3 Å². The minimum Gasteiger partial charge on any atom is -0.394 e. The fourth-order valence-electron chi connectivity index (χ4n) is 2.64. The molecule has 1 aromatic heterocycles. The summed E-state index contributed by atoms with van der Waals surface area (Å²) in [5.41, 5.74) is 0.957. The number of aliphatic hydroxyl groups excluding tert-OH is 1. The molecule has 94 valence electrons. The van der Waals surface area contributed by atoms with E-state index in [1.807, 2.05) is 30.5 Å². The predicted octanol–water partition coefficient (Wildman–Crippen LogP) is 1.84. The average Bonchev–Trinajstić information content (AvgIpc) is 2.79. The van der Waals surface area contributed by atoms with Crippen molar-refractivity contribution in [2.45, 2.75) is 19.4 Å². The molecule has 1 N–H and O–H groups in total. The van der Waals surface area contributed by atoms with Crippen LogP contribution >= 0.6 is 0 Å². The number of rotatable bonds is 2. The van der Waals surface area contributed by atoms with Gasteiger partial charge in [0.25, 0.3) is 0 Å². The molecular weight excluding hydrogens is 226 g/mol. The van der Waals surface area contributed by atoms with Gasteiger partial charge in [-0.1, -0.05) is 25.1 Å². The number of hydrogen-bond acceptors (Lipinski definition) is 4. The van der Waals surface area contributed by atoms with Gasteiger partial charge in [-0.2, -0.15) is 0 Å². The molecule has 0 radical (unpaired) electrons. The van der Waals surface area contributed by atoms with Crippen LogP contribution in [0.4, 0.5) is 5.95 Å². The van der Waals surface area contributed by atoms with Crippen molar-refractivity contribution in [3.05, 3.63) is 30.5 Å². The first-order valence-corrected chi connectivity index (χ1v) is 6.39. The summed E-state index contributed by atoms with van der Waals surface area (Å²) < 4.78 is 0. The molecule has 2 aromatic rings. The molecule has 0 amide bonds. The maximum atomic E-state index is 9.48. The number of aliphatic hydroxyl groups is 1. The zero-order chi connectivity index (χ0) is 12.5. The van der Waals surface area contributed by atoms with Crippen LogP contribution in [0.5, 0.6) is 0 Å². The normalized spacial score (nSPS) is 23.8. The minimum absolute atomic E-state index is 0.145. The monoisotopic (exact) mass is 243 g/mol. The number of benzene rings is 1. The van der Waals surface area contributed by atoms with Crippen LogP contribution in [0.3, 0.4) is 0 Å². The summed E-state index contributed by atoms with van der Waals surface area (Å²) in [7, 11) is 0. The summed E-state index contributed by atoms with van der Waals surface area (Å²) in [6.45, 7) is 3.25. The Morgan fingerprint density at radius 1 is 1.39 bits per heavy atom. The van der Waals surface area contributed by atoms with E-state index in [-0.39, 0.29) is 12.6 Å². The van der Waals surface area contributed by atoms with Crippen LogP contribution in [0.25, 0.3) is 10.9 Å². The minimum atomic E-state index is 0.145. The molecule has 1 fully saturated rings. The molecule has 0 saturated carbocycles. The fraction of sp³-hybridized carbons (Fsp3) is 0.429. The third-order valence-corrected chi connectivity index (χ3v) is 3.80. The molecule has 1 aliphatic heterocycles. The van der Waals surface area contributed by atoms with Gasteiger partial charge in [-0.05, 0) is 18.4 Å². The van der Waals surface area contributed by atoms with Gasteiger partial charge in [-0.15, -0.1) is 0 Å². The van der Waals surface area contributed by atoms with Gasteiger partial charge in [0.15, 0.2) is 0 Å². The molecular formula is C14H17N3O. The lowest BCUT2D eigenvalue weighted by molar-refractivity contribution is 0.244. The smallest absolute Gasteiger partial charge is 0.226 e. The molecule has 3 rings (SSSR count). The van der Waals surface area contributed by atoms with Crippen molar-refractivity contribution in [2.24, 2.45) is 5.92 Å². The lowest BCUT2D eigenvalue weighted by Crippen LogP contribution is -2.36. The Morgan fingerprint density at radius 2 is 2.22 bits per heavy atom. The largest absolute Gasteiger partial charge is 0.394 e. The summed E-state index contributed by atoms with van der Waals surface area (Å²) >= 11 is 0. The number of hydrogen-bond donors (Lipinski definition) is 1. The summed E-state index contributed by atoms with van der Waals surface area (Å²) in [6.07, 6.45) is 2.94. The van der Waals surface area contributed by atoms with E-state index in [1.165, 1.54) is 0 Å². The summed E-state index contributed by atoms with van der Waals surface area (Å²) in [4.78, 5) is 11.1. The van der Waals surface area contributed by atoms with Gasteiger partial charge in [-0.3, -0.25) is 0 Å². The van der Waals surface area contributed by atoms with E-state index >= 15 is 0 Å². The first-order valence-electron chi connectivity index (χ1n) is 6.39. The molecule has 18 heavy (non-hydrogen) atoms. The zero-order valence-corrected chi connectivity index (χ0v) is 10.5. The highest BCUT2D eigenvalue weighted by Gasteiger charge is 2.32.